The third-order valence-electron chi connectivity index (χ3n) is 1.93. The van der Waals surface area contributed by atoms with Crippen LogP contribution in [0.2, 0.25) is 5.02 Å². The van der Waals surface area contributed by atoms with Gasteiger partial charge in [0.15, 0.2) is 0 Å². The lowest BCUT2D eigenvalue weighted by molar-refractivity contribution is -0.138. The molecule has 0 heterocycles. The van der Waals surface area contributed by atoms with E-state index in [0.29, 0.717) is 0 Å². The number of nitrogens with one attached hydrogen (secondary N) is 1. The minimum absolute atomic E-state index is 0.0376. The van der Waals surface area contributed by atoms with E-state index in [1.54, 1.807) is 0 Å². The van der Waals surface area contributed by atoms with Gasteiger partial charge in [-0.15, -0.1) is 0 Å². The zero-order chi connectivity index (χ0) is 12.3. The van der Waals surface area contributed by atoms with Crippen molar-refractivity contribution in [1.82, 2.24) is 5.32 Å². The third kappa shape index (κ3) is 2.87. The molecule has 1 atom stereocenters. The van der Waals surface area contributed by atoms with Crippen molar-refractivity contribution < 1.29 is 19.8 Å². The molecule has 6 heteroatoms. The molecule has 5 nitrogen and oxygen atoms in total. The lowest BCUT2D eigenvalue weighted by Crippen LogP contribution is -2.38. The van der Waals surface area contributed by atoms with Crippen molar-refractivity contribution in [2.45, 2.75) is 13.0 Å². The van der Waals surface area contributed by atoms with E-state index in [2.05, 4.69) is 5.32 Å². The van der Waals surface area contributed by atoms with Crippen LogP contribution < -0.4 is 5.32 Å². The summed E-state index contributed by atoms with van der Waals surface area (Å²) in [5, 5.41) is 20.0. The van der Waals surface area contributed by atoms with Crippen LogP contribution in [-0.4, -0.2) is 28.1 Å². The first kappa shape index (κ1) is 12.3. The first-order valence-electron chi connectivity index (χ1n) is 4.44. The third-order valence-corrected chi connectivity index (χ3v) is 2.23. The van der Waals surface area contributed by atoms with Gasteiger partial charge in [-0.2, -0.15) is 0 Å². The van der Waals surface area contributed by atoms with Crippen LogP contribution in [0, 0.1) is 0 Å². The summed E-state index contributed by atoms with van der Waals surface area (Å²) in [7, 11) is 0. The van der Waals surface area contributed by atoms with Gasteiger partial charge in [-0.3, -0.25) is 9.59 Å². The Kier molecular flexibility index (Phi) is 3.73. The van der Waals surface area contributed by atoms with E-state index in [1.807, 2.05) is 0 Å². The highest BCUT2D eigenvalue weighted by molar-refractivity contribution is 6.32. The molecule has 1 aromatic carbocycles. The Hall–Kier alpha value is -1.75. The van der Waals surface area contributed by atoms with Crippen LogP contribution in [-0.2, 0) is 4.79 Å². The fourth-order valence-corrected chi connectivity index (χ4v) is 1.17. The molecule has 1 aromatic rings. The lowest BCUT2D eigenvalue weighted by Gasteiger charge is -2.09. The van der Waals surface area contributed by atoms with Crippen molar-refractivity contribution in [3.63, 3.8) is 0 Å². The lowest BCUT2D eigenvalue weighted by atomic mass is 10.2. The Balaban J connectivity index is 2.81. The molecule has 0 aliphatic carbocycles. The molecule has 0 saturated carbocycles. The molecule has 86 valence electrons. The number of benzene rings is 1. The number of hydrogen-bond acceptors (Lipinski definition) is 3. The van der Waals surface area contributed by atoms with Crippen LogP contribution >= 0.6 is 11.6 Å². The molecule has 0 unspecified atom stereocenters. The number of hydrogen-bond donors (Lipinski definition) is 3. The topological polar surface area (TPSA) is 86.6 Å². The number of carboxylic acid groups (broad SMARTS) is 1. The second kappa shape index (κ2) is 4.85. The normalized spacial score (nSPS) is 11.9. The second-order valence-electron chi connectivity index (χ2n) is 3.20. The molecular weight excluding hydrogens is 234 g/mol. The minimum atomic E-state index is -1.13. The van der Waals surface area contributed by atoms with Crippen molar-refractivity contribution in [3.8, 4) is 5.75 Å². The molecule has 0 aliphatic rings. The number of carbonyl (C=O) groups is 2. The number of phenols is 1. The van der Waals surface area contributed by atoms with Gasteiger partial charge in [0.2, 0.25) is 0 Å². The Morgan fingerprint density at radius 1 is 1.44 bits per heavy atom. The summed E-state index contributed by atoms with van der Waals surface area (Å²) in [6.45, 7) is 1.35. The molecule has 0 aliphatic heterocycles. The minimum Gasteiger partial charge on any atom is -0.506 e. The fraction of sp³-hybridized carbons (Fsp3) is 0.200. The van der Waals surface area contributed by atoms with Gasteiger partial charge in [0.05, 0.1) is 5.02 Å². The van der Waals surface area contributed by atoms with Crippen molar-refractivity contribution in [1.29, 1.82) is 0 Å². The van der Waals surface area contributed by atoms with E-state index in [4.69, 9.17) is 21.8 Å². The maximum Gasteiger partial charge on any atom is 0.325 e. The number of rotatable bonds is 3. The zero-order valence-corrected chi connectivity index (χ0v) is 9.15. The monoisotopic (exact) mass is 243 g/mol. The van der Waals surface area contributed by atoms with Crippen LogP contribution in [0.1, 0.15) is 17.3 Å². The van der Waals surface area contributed by atoms with E-state index in [0.717, 1.165) is 0 Å². The average Bonchev–Trinajstić information content (AvgIpc) is 2.21. The highest BCUT2D eigenvalue weighted by atomic mass is 35.5. The zero-order valence-electron chi connectivity index (χ0n) is 8.40. The van der Waals surface area contributed by atoms with Crippen LogP contribution in [0.3, 0.4) is 0 Å². The second-order valence-corrected chi connectivity index (χ2v) is 3.61. The van der Waals surface area contributed by atoms with E-state index in [1.165, 1.54) is 25.1 Å². The molecule has 0 fully saturated rings. The molecule has 0 saturated heterocycles. The van der Waals surface area contributed by atoms with E-state index in [-0.39, 0.29) is 16.3 Å². The molecule has 1 amide bonds. The first-order chi connectivity index (χ1) is 7.41. The molecule has 1 rings (SSSR count). The van der Waals surface area contributed by atoms with Gasteiger partial charge in [0.25, 0.3) is 5.91 Å². The quantitative estimate of drug-likeness (QED) is 0.746. The predicted octanol–water partition coefficient (Wildman–Crippen LogP) is 1.25. The summed E-state index contributed by atoms with van der Waals surface area (Å²) in [6, 6.07) is 2.90. The molecule has 3 N–H and O–H groups in total. The van der Waals surface area contributed by atoms with Crippen molar-refractivity contribution >= 4 is 23.5 Å². The predicted molar refractivity (Wildman–Crippen MR) is 57.7 cm³/mol. The van der Waals surface area contributed by atoms with Gasteiger partial charge in [-0.05, 0) is 25.1 Å². The van der Waals surface area contributed by atoms with Gasteiger partial charge < -0.3 is 15.5 Å². The number of carbonyl (C=O) groups excluding carboxylic acids is 1. The summed E-state index contributed by atoms with van der Waals surface area (Å²) in [4.78, 5) is 22.0. The molecule has 0 aromatic heterocycles. The SMILES string of the molecule is C[C@@H](NC(=O)c1ccc(O)c(Cl)c1)C(=O)O. The summed E-state index contributed by atoms with van der Waals surface area (Å²) in [5.74, 6) is -1.82. The van der Waals surface area contributed by atoms with Crippen LogP contribution in [0.4, 0.5) is 0 Å². The van der Waals surface area contributed by atoms with Crippen molar-refractivity contribution in [3.05, 3.63) is 28.8 Å². The molecule has 0 bridgehead atoms. The number of halogens is 1. The molecule has 16 heavy (non-hydrogen) atoms. The number of aromatic hydroxyl groups is 1. The van der Waals surface area contributed by atoms with Crippen LogP contribution in [0.15, 0.2) is 18.2 Å². The Morgan fingerprint density at radius 3 is 2.56 bits per heavy atom. The highest BCUT2D eigenvalue weighted by Gasteiger charge is 2.15. The smallest absolute Gasteiger partial charge is 0.325 e. The highest BCUT2D eigenvalue weighted by Crippen LogP contribution is 2.23. The first-order valence-corrected chi connectivity index (χ1v) is 4.82. The average molecular weight is 244 g/mol. The number of aliphatic carboxylic acids is 1. The van der Waals surface area contributed by atoms with Crippen LogP contribution in [0.5, 0.6) is 5.75 Å². The molecule has 0 radical (unpaired) electrons. The Morgan fingerprint density at radius 2 is 2.06 bits per heavy atom. The van der Waals surface area contributed by atoms with E-state index < -0.39 is 17.9 Å². The van der Waals surface area contributed by atoms with Gasteiger partial charge in [-0.25, -0.2) is 0 Å². The largest absolute Gasteiger partial charge is 0.506 e. The van der Waals surface area contributed by atoms with E-state index >= 15 is 0 Å². The van der Waals surface area contributed by atoms with E-state index in [9.17, 15) is 9.59 Å². The van der Waals surface area contributed by atoms with Gasteiger partial charge in [-0.1, -0.05) is 11.6 Å². The molecule has 0 spiro atoms. The number of carboxylic acids is 1. The Bertz CT molecular complexity index is 433. The van der Waals surface area contributed by atoms with Crippen LogP contribution in [0.25, 0.3) is 0 Å². The van der Waals surface area contributed by atoms with Crippen molar-refractivity contribution in [2.75, 3.05) is 0 Å². The summed E-state index contributed by atoms with van der Waals surface area (Å²) in [6.07, 6.45) is 0. The summed E-state index contributed by atoms with van der Waals surface area (Å²) >= 11 is 5.61. The molecular formula is C10H10ClNO4. The standard InChI is InChI=1S/C10H10ClNO4/c1-5(10(15)16)12-9(14)6-2-3-8(13)7(11)4-6/h2-5,13H,1H3,(H,12,14)(H,15,16)/t5-/m1/s1. The van der Waals surface area contributed by atoms with Gasteiger partial charge in [0, 0.05) is 5.56 Å². The fourth-order valence-electron chi connectivity index (χ4n) is 0.990. The number of amides is 1. The number of phenolic OH excluding ortho intramolecular Hbond substituents is 1. The van der Waals surface area contributed by atoms with Gasteiger partial charge >= 0.3 is 5.97 Å². The maximum atomic E-state index is 11.5. The summed E-state index contributed by atoms with van der Waals surface area (Å²) < 4.78 is 0. The van der Waals surface area contributed by atoms with Crippen molar-refractivity contribution in [2.24, 2.45) is 0 Å². The maximum absolute atomic E-state index is 11.5. The summed E-state index contributed by atoms with van der Waals surface area (Å²) in [5.41, 5.74) is 0.191. The Labute approximate surface area is 96.7 Å². The van der Waals surface area contributed by atoms with Gasteiger partial charge in [0.1, 0.15) is 11.8 Å².